The van der Waals surface area contributed by atoms with Gasteiger partial charge in [-0.1, -0.05) is 42.0 Å². The summed E-state index contributed by atoms with van der Waals surface area (Å²) < 4.78 is 1.81. The molecule has 0 fully saturated rings. The summed E-state index contributed by atoms with van der Waals surface area (Å²) in [6.45, 7) is 13.6. The number of carbonyl (C=O) groups is 1. The summed E-state index contributed by atoms with van der Waals surface area (Å²) in [6.07, 6.45) is 1.15. The van der Waals surface area contributed by atoms with Crippen LogP contribution in [0.2, 0.25) is 0 Å². The van der Waals surface area contributed by atoms with E-state index in [-0.39, 0.29) is 25.5 Å². The fourth-order valence-corrected chi connectivity index (χ4v) is 1.27. The number of rotatable bonds is 5. The average molecular weight is 340 g/mol. The Bertz CT molecular complexity index is 470. The van der Waals surface area contributed by atoms with E-state index in [0.717, 1.165) is 31.0 Å². The van der Waals surface area contributed by atoms with Gasteiger partial charge in [0.15, 0.2) is 0 Å². The monoisotopic (exact) mass is 339 g/mol. The molecule has 0 aliphatic heterocycles. The minimum atomic E-state index is 0. The highest BCUT2D eigenvalue weighted by Crippen LogP contribution is 2.15. The first kappa shape index (κ1) is 27.0. The molecule has 0 spiro atoms. The lowest BCUT2D eigenvalue weighted by Gasteiger charge is -1.98. The number of aryl methyl sites for hydroxylation is 1. The maximum Gasteiger partial charge on any atom is 0.149 e. The number of ketones is 1. The summed E-state index contributed by atoms with van der Waals surface area (Å²) >= 11 is 0. The normalized spacial score (nSPS) is 9.17. The van der Waals surface area contributed by atoms with Gasteiger partial charge in [-0.05, 0) is 25.8 Å². The Morgan fingerprint density at radius 3 is 2.00 bits per heavy atom. The van der Waals surface area contributed by atoms with Crippen LogP contribution in [0, 0.1) is 17.2 Å². The number of nitrogens with two attached hydrogens (primary N) is 2. The highest BCUT2D eigenvalue weighted by Gasteiger charge is 2.06. The third-order valence-electron chi connectivity index (χ3n) is 2.91. The first-order valence-electron chi connectivity index (χ1n) is 8.17. The summed E-state index contributed by atoms with van der Waals surface area (Å²) in [5, 5.41) is 12.3. The Balaban J connectivity index is -0.000000301. The molecule has 0 aliphatic rings. The number of hydrogen-bond donors (Lipinski definition) is 2. The van der Waals surface area contributed by atoms with Gasteiger partial charge in [-0.2, -0.15) is 10.4 Å². The SMILES string of the molecule is C.CC(C)C(=O)CC#N.CCCN.CCn1nc(C(C)C)cc1N. The molecular formula is C18H37N5O. The molecule has 6 heteroatoms. The quantitative estimate of drug-likeness (QED) is 0.849. The summed E-state index contributed by atoms with van der Waals surface area (Å²) in [6, 6.07) is 3.74. The minimum absolute atomic E-state index is 0. The minimum Gasteiger partial charge on any atom is -0.384 e. The first-order chi connectivity index (χ1) is 10.7. The molecule has 0 radical (unpaired) electrons. The third-order valence-corrected chi connectivity index (χ3v) is 2.91. The van der Waals surface area contributed by atoms with Gasteiger partial charge in [0.25, 0.3) is 0 Å². The van der Waals surface area contributed by atoms with E-state index in [0.29, 0.717) is 5.92 Å². The van der Waals surface area contributed by atoms with Crippen LogP contribution in [0.25, 0.3) is 0 Å². The van der Waals surface area contributed by atoms with Crippen molar-refractivity contribution in [2.45, 2.75) is 74.3 Å². The van der Waals surface area contributed by atoms with Crippen LogP contribution in [-0.4, -0.2) is 22.1 Å². The van der Waals surface area contributed by atoms with Crippen molar-refractivity contribution in [3.05, 3.63) is 11.8 Å². The van der Waals surface area contributed by atoms with Crippen LogP contribution < -0.4 is 11.5 Å². The Labute approximate surface area is 148 Å². The fourth-order valence-electron chi connectivity index (χ4n) is 1.27. The van der Waals surface area contributed by atoms with Gasteiger partial charge in [-0.25, -0.2) is 0 Å². The Hall–Kier alpha value is -1.87. The smallest absolute Gasteiger partial charge is 0.149 e. The Kier molecular flexibility index (Phi) is 18.0. The zero-order valence-corrected chi connectivity index (χ0v) is 15.5. The predicted molar refractivity (Wildman–Crippen MR) is 103 cm³/mol. The number of carbonyl (C=O) groups excluding carboxylic acids is 1. The van der Waals surface area contributed by atoms with Crippen molar-refractivity contribution in [2.24, 2.45) is 11.7 Å². The topological polar surface area (TPSA) is 111 Å². The number of hydrogen-bond acceptors (Lipinski definition) is 5. The van der Waals surface area contributed by atoms with Crippen molar-refractivity contribution in [1.82, 2.24) is 9.78 Å². The summed E-state index contributed by atoms with van der Waals surface area (Å²) in [5.74, 6) is 1.25. The number of aromatic nitrogens is 2. The second-order valence-electron chi connectivity index (χ2n) is 5.71. The van der Waals surface area contributed by atoms with Gasteiger partial charge < -0.3 is 11.5 Å². The van der Waals surface area contributed by atoms with Gasteiger partial charge in [0, 0.05) is 18.5 Å². The van der Waals surface area contributed by atoms with Gasteiger partial charge in [0.2, 0.25) is 0 Å². The Morgan fingerprint density at radius 1 is 1.33 bits per heavy atom. The molecule has 0 amide bonds. The molecular weight excluding hydrogens is 302 g/mol. The number of nitriles is 1. The zero-order chi connectivity index (χ0) is 18.4. The molecule has 0 saturated carbocycles. The number of Topliss-reactive ketones (excluding diaryl/α,β-unsaturated/α-hetero) is 1. The van der Waals surface area contributed by atoms with Crippen molar-refractivity contribution in [1.29, 1.82) is 5.26 Å². The molecule has 0 aliphatic carbocycles. The molecule has 1 aromatic heterocycles. The lowest BCUT2D eigenvalue weighted by atomic mass is 10.1. The van der Waals surface area contributed by atoms with Crippen LogP contribution >= 0.6 is 0 Å². The van der Waals surface area contributed by atoms with Crippen LogP contribution in [0.5, 0.6) is 0 Å². The molecule has 1 aromatic rings. The lowest BCUT2D eigenvalue weighted by Crippen LogP contribution is -2.04. The zero-order valence-electron chi connectivity index (χ0n) is 15.5. The van der Waals surface area contributed by atoms with Crippen molar-refractivity contribution >= 4 is 11.6 Å². The van der Waals surface area contributed by atoms with Crippen molar-refractivity contribution in [2.75, 3.05) is 12.3 Å². The molecule has 6 nitrogen and oxygen atoms in total. The second-order valence-corrected chi connectivity index (χ2v) is 5.71. The van der Waals surface area contributed by atoms with Gasteiger partial charge in [-0.15, -0.1) is 0 Å². The van der Waals surface area contributed by atoms with E-state index in [1.165, 1.54) is 0 Å². The van der Waals surface area contributed by atoms with E-state index >= 15 is 0 Å². The molecule has 0 unspecified atom stereocenters. The first-order valence-corrected chi connectivity index (χ1v) is 8.17. The summed E-state index contributed by atoms with van der Waals surface area (Å²) in [4.78, 5) is 10.5. The maximum absolute atomic E-state index is 10.5. The highest BCUT2D eigenvalue weighted by molar-refractivity contribution is 5.82. The molecule has 24 heavy (non-hydrogen) atoms. The molecule has 0 bridgehead atoms. The molecule has 4 N–H and O–H groups in total. The standard InChI is InChI=1S/C8H15N3.C6H9NO.C3H9N.CH4/c1-4-11-8(9)5-7(10-11)6(2)3;1-5(2)6(8)3-4-7;1-2-3-4;/h5-6H,4,9H2,1-3H3;5H,3H2,1-2H3;2-4H2,1H3;1H4. The van der Waals surface area contributed by atoms with E-state index in [2.05, 4.69) is 25.9 Å². The van der Waals surface area contributed by atoms with E-state index < -0.39 is 0 Å². The van der Waals surface area contributed by atoms with Gasteiger partial charge in [0.05, 0.1) is 18.2 Å². The Morgan fingerprint density at radius 2 is 1.83 bits per heavy atom. The van der Waals surface area contributed by atoms with Crippen LogP contribution in [0.3, 0.4) is 0 Å². The molecule has 0 aromatic carbocycles. The lowest BCUT2D eigenvalue weighted by molar-refractivity contribution is -0.120. The van der Waals surface area contributed by atoms with Crippen LogP contribution in [-0.2, 0) is 11.3 Å². The van der Waals surface area contributed by atoms with Gasteiger partial charge >= 0.3 is 0 Å². The van der Waals surface area contributed by atoms with Crippen LogP contribution in [0.15, 0.2) is 6.07 Å². The molecule has 0 atom stereocenters. The van der Waals surface area contributed by atoms with E-state index in [1.54, 1.807) is 19.9 Å². The van der Waals surface area contributed by atoms with Crippen LogP contribution in [0.4, 0.5) is 5.82 Å². The third kappa shape index (κ3) is 12.7. The van der Waals surface area contributed by atoms with Crippen molar-refractivity contribution in [3.8, 4) is 6.07 Å². The van der Waals surface area contributed by atoms with Crippen LogP contribution in [0.1, 0.15) is 73.4 Å². The number of nitrogens with zero attached hydrogens (tertiary/aromatic N) is 3. The van der Waals surface area contributed by atoms with Crippen molar-refractivity contribution in [3.63, 3.8) is 0 Å². The largest absolute Gasteiger partial charge is 0.384 e. The molecule has 1 heterocycles. The molecule has 0 saturated heterocycles. The van der Waals surface area contributed by atoms with Gasteiger partial charge in [-0.3, -0.25) is 9.48 Å². The molecule has 140 valence electrons. The van der Waals surface area contributed by atoms with Crippen molar-refractivity contribution < 1.29 is 4.79 Å². The predicted octanol–water partition coefficient (Wildman–Crippen LogP) is 3.72. The van der Waals surface area contributed by atoms with Gasteiger partial charge in [0.1, 0.15) is 11.6 Å². The average Bonchev–Trinajstić information content (AvgIpc) is 2.89. The second kappa shape index (κ2) is 16.0. The van der Waals surface area contributed by atoms with E-state index in [9.17, 15) is 4.79 Å². The maximum atomic E-state index is 10.5. The molecule has 1 rings (SSSR count). The van der Waals surface area contributed by atoms with E-state index in [4.69, 9.17) is 16.7 Å². The van der Waals surface area contributed by atoms with E-state index in [1.807, 2.05) is 17.7 Å². The number of anilines is 1. The number of nitrogen functional groups attached to an aromatic ring is 1. The summed E-state index contributed by atoms with van der Waals surface area (Å²) in [5.41, 5.74) is 11.8. The fraction of sp³-hybridized carbons (Fsp3) is 0.722. The highest BCUT2D eigenvalue weighted by atomic mass is 16.1. The summed E-state index contributed by atoms with van der Waals surface area (Å²) in [7, 11) is 0.